The summed E-state index contributed by atoms with van der Waals surface area (Å²) in [5, 5.41) is 10.4. The molecule has 0 aromatic carbocycles. The molecular formula is C8H10O2S2. The summed E-state index contributed by atoms with van der Waals surface area (Å²) in [4.78, 5) is 11.5. The number of carbonyl (C=O) groups is 1. The quantitative estimate of drug-likeness (QED) is 0.814. The summed E-state index contributed by atoms with van der Waals surface area (Å²) in [7, 11) is 0. The molecule has 0 amide bonds. The molecule has 1 aromatic rings. The molecule has 0 saturated carbocycles. The van der Waals surface area contributed by atoms with Gasteiger partial charge >= 0.3 is 5.97 Å². The minimum atomic E-state index is -0.741. The van der Waals surface area contributed by atoms with Gasteiger partial charge in [-0.05, 0) is 23.9 Å². The van der Waals surface area contributed by atoms with Crippen LogP contribution in [0, 0.1) is 6.92 Å². The van der Waals surface area contributed by atoms with Crippen LogP contribution in [0.3, 0.4) is 0 Å². The summed E-state index contributed by atoms with van der Waals surface area (Å²) >= 11 is 3.13. The van der Waals surface area contributed by atoms with Crippen molar-refractivity contribution in [2.45, 2.75) is 12.7 Å². The van der Waals surface area contributed by atoms with Gasteiger partial charge in [0.1, 0.15) is 0 Å². The number of rotatable bonds is 4. The predicted octanol–water partition coefficient (Wildman–Crippen LogP) is 2.37. The zero-order valence-corrected chi connectivity index (χ0v) is 8.37. The third-order valence-electron chi connectivity index (χ3n) is 1.43. The molecule has 1 N–H and O–H groups in total. The third-order valence-corrected chi connectivity index (χ3v) is 3.58. The normalized spacial score (nSPS) is 10.1. The molecule has 0 aliphatic heterocycles. The second-order valence-electron chi connectivity index (χ2n) is 2.41. The molecule has 1 rings (SSSR count). The summed E-state index contributed by atoms with van der Waals surface area (Å²) < 4.78 is 0. The van der Waals surface area contributed by atoms with Crippen LogP contribution in [0.5, 0.6) is 0 Å². The van der Waals surface area contributed by atoms with Gasteiger partial charge in [-0.1, -0.05) is 0 Å². The highest BCUT2D eigenvalue weighted by atomic mass is 32.2. The number of thiophene rings is 1. The molecule has 1 heterocycles. The Morgan fingerprint density at radius 1 is 1.75 bits per heavy atom. The number of hydrogen-bond donors (Lipinski definition) is 1. The van der Waals surface area contributed by atoms with Crippen molar-refractivity contribution in [2.75, 3.05) is 5.75 Å². The predicted molar refractivity (Wildman–Crippen MR) is 52.9 cm³/mol. The molecule has 2 nitrogen and oxygen atoms in total. The van der Waals surface area contributed by atoms with Gasteiger partial charge < -0.3 is 5.11 Å². The van der Waals surface area contributed by atoms with Crippen molar-refractivity contribution in [1.29, 1.82) is 0 Å². The molecule has 0 spiro atoms. The molecule has 66 valence electrons. The minimum absolute atomic E-state index is 0.192. The molecule has 1 aromatic heterocycles. The van der Waals surface area contributed by atoms with Crippen molar-refractivity contribution < 1.29 is 9.90 Å². The molecule has 0 saturated heterocycles. The Hall–Kier alpha value is -0.480. The van der Waals surface area contributed by atoms with Crippen LogP contribution < -0.4 is 0 Å². The monoisotopic (exact) mass is 202 g/mol. The molecule has 4 heteroatoms. The van der Waals surface area contributed by atoms with Crippen LogP contribution in [0.15, 0.2) is 11.4 Å². The zero-order valence-electron chi connectivity index (χ0n) is 6.74. The summed E-state index contributed by atoms with van der Waals surface area (Å²) in [5.74, 6) is 0.266. The third kappa shape index (κ3) is 2.87. The molecule has 0 bridgehead atoms. The lowest BCUT2D eigenvalue weighted by Gasteiger charge is -1.96. The summed E-state index contributed by atoms with van der Waals surface area (Å²) in [5.41, 5.74) is 1.26. The van der Waals surface area contributed by atoms with Gasteiger partial charge in [-0.25, -0.2) is 0 Å². The van der Waals surface area contributed by atoms with Gasteiger partial charge in [-0.2, -0.15) is 0 Å². The first kappa shape index (κ1) is 9.61. The van der Waals surface area contributed by atoms with E-state index in [1.165, 1.54) is 22.2 Å². The highest BCUT2D eigenvalue weighted by Gasteiger charge is 2.01. The van der Waals surface area contributed by atoms with Crippen LogP contribution in [-0.4, -0.2) is 16.8 Å². The summed E-state index contributed by atoms with van der Waals surface area (Å²) in [6.07, 6.45) is 0. The lowest BCUT2D eigenvalue weighted by molar-refractivity contribution is -0.133. The fourth-order valence-corrected chi connectivity index (χ4v) is 2.69. The number of aliphatic carboxylic acids is 1. The Balaban J connectivity index is 2.33. The number of hydrogen-bond acceptors (Lipinski definition) is 3. The number of carboxylic acid groups (broad SMARTS) is 1. The number of thioether (sulfide) groups is 1. The first-order valence-corrected chi connectivity index (χ1v) is 5.56. The molecular weight excluding hydrogens is 192 g/mol. The lowest BCUT2D eigenvalue weighted by Crippen LogP contribution is -1.97. The van der Waals surface area contributed by atoms with Gasteiger partial charge in [-0.3, -0.25) is 4.79 Å². The van der Waals surface area contributed by atoms with Crippen LogP contribution in [0.2, 0.25) is 0 Å². The standard InChI is InChI=1S/C8H10O2S2/c1-6-2-3-12-7(6)4-11-5-8(9)10/h2-3H,4-5H2,1H3,(H,9,10). The molecule has 0 aliphatic carbocycles. The van der Waals surface area contributed by atoms with E-state index >= 15 is 0 Å². The fraction of sp³-hybridized carbons (Fsp3) is 0.375. The Morgan fingerprint density at radius 3 is 3.00 bits per heavy atom. The average Bonchev–Trinajstić information content (AvgIpc) is 2.36. The maximum atomic E-state index is 10.2. The Kier molecular flexibility index (Phi) is 3.62. The van der Waals surface area contributed by atoms with E-state index in [2.05, 4.69) is 6.07 Å². The largest absolute Gasteiger partial charge is 0.481 e. The van der Waals surface area contributed by atoms with E-state index in [9.17, 15) is 4.79 Å². The van der Waals surface area contributed by atoms with Gasteiger partial charge in [0, 0.05) is 10.6 Å². The Bertz CT molecular complexity index is 268. The van der Waals surface area contributed by atoms with Gasteiger partial charge in [0.2, 0.25) is 0 Å². The molecule has 0 fully saturated rings. The zero-order chi connectivity index (χ0) is 8.97. The molecule has 0 atom stereocenters. The molecule has 0 aliphatic rings. The molecule has 0 unspecified atom stereocenters. The van der Waals surface area contributed by atoms with Gasteiger partial charge in [-0.15, -0.1) is 23.1 Å². The maximum Gasteiger partial charge on any atom is 0.313 e. The molecule has 12 heavy (non-hydrogen) atoms. The second kappa shape index (κ2) is 4.52. The van der Waals surface area contributed by atoms with E-state index in [4.69, 9.17) is 5.11 Å². The first-order valence-electron chi connectivity index (χ1n) is 3.52. The van der Waals surface area contributed by atoms with Crippen molar-refractivity contribution >= 4 is 29.1 Å². The van der Waals surface area contributed by atoms with E-state index in [1.807, 2.05) is 12.3 Å². The van der Waals surface area contributed by atoms with Crippen LogP contribution in [0.25, 0.3) is 0 Å². The van der Waals surface area contributed by atoms with Gasteiger partial charge in [0.05, 0.1) is 5.75 Å². The van der Waals surface area contributed by atoms with Crippen LogP contribution >= 0.6 is 23.1 Å². The Morgan fingerprint density at radius 2 is 2.50 bits per heavy atom. The van der Waals surface area contributed by atoms with E-state index < -0.39 is 5.97 Å². The average molecular weight is 202 g/mol. The van der Waals surface area contributed by atoms with E-state index in [1.54, 1.807) is 11.3 Å². The first-order chi connectivity index (χ1) is 5.70. The van der Waals surface area contributed by atoms with Crippen molar-refractivity contribution in [3.63, 3.8) is 0 Å². The van der Waals surface area contributed by atoms with E-state index in [0.717, 1.165) is 5.75 Å². The van der Waals surface area contributed by atoms with E-state index in [0.29, 0.717) is 0 Å². The van der Waals surface area contributed by atoms with Crippen LogP contribution in [0.1, 0.15) is 10.4 Å². The van der Waals surface area contributed by atoms with Gasteiger partial charge in [0.15, 0.2) is 0 Å². The minimum Gasteiger partial charge on any atom is -0.481 e. The van der Waals surface area contributed by atoms with Gasteiger partial charge in [0.25, 0.3) is 0 Å². The second-order valence-corrected chi connectivity index (χ2v) is 4.40. The lowest BCUT2D eigenvalue weighted by atomic mass is 10.3. The Labute approximate surface area is 79.6 Å². The van der Waals surface area contributed by atoms with Crippen molar-refractivity contribution in [1.82, 2.24) is 0 Å². The fourth-order valence-electron chi connectivity index (χ4n) is 0.783. The number of carboxylic acids is 1. The van der Waals surface area contributed by atoms with Crippen molar-refractivity contribution in [3.05, 3.63) is 21.9 Å². The molecule has 0 radical (unpaired) electrons. The summed E-state index contributed by atoms with van der Waals surface area (Å²) in [6, 6.07) is 2.06. The topological polar surface area (TPSA) is 37.3 Å². The SMILES string of the molecule is Cc1ccsc1CSCC(=O)O. The van der Waals surface area contributed by atoms with Crippen LogP contribution in [0.4, 0.5) is 0 Å². The van der Waals surface area contributed by atoms with Crippen LogP contribution in [-0.2, 0) is 10.5 Å². The highest BCUT2D eigenvalue weighted by Crippen LogP contribution is 2.21. The highest BCUT2D eigenvalue weighted by molar-refractivity contribution is 7.99. The van der Waals surface area contributed by atoms with E-state index in [-0.39, 0.29) is 5.75 Å². The van der Waals surface area contributed by atoms with Crippen molar-refractivity contribution in [3.8, 4) is 0 Å². The van der Waals surface area contributed by atoms with Crippen molar-refractivity contribution in [2.24, 2.45) is 0 Å². The smallest absolute Gasteiger partial charge is 0.313 e. The summed E-state index contributed by atoms with van der Waals surface area (Å²) in [6.45, 7) is 2.05. The number of aryl methyl sites for hydroxylation is 1. The maximum absolute atomic E-state index is 10.2.